The summed E-state index contributed by atoms with van der Waals surface area (Å²) in [5.41, 5.74) is 1.83. The number of hydrogen-bond donors (Lipinski definition) is 0. The van der Waals surface area contributed by atoms with Gasteiger partial charge in [-0.2, -0.15) is 0 Å². The molecule has 0 bridgehead atoms. The number of carbonyl (C=O) groups is 4. The third-order valence-electron chi connectivity index (χ3n) is 6.14. The highest BCUT2D eigenvalue weighted by molar-refractivity contribution is 7.92. The minimum Gasteiger partial charge on any atom is -0.614 e. The van der Waals surface area contributed by atoms with Crippen LogP contribution in [0.3, 0.4) is 0 Å². The third-order valence-corrected chi connectivity index (χ3v) is 7.77. The number of rotatable bonds is 10. The van der Waals surface area contributed by atoms with Gasteiger partial charge in [0, 0.05) is 19.6 Å². The minimum atomic E-state index is -1.55. The number of hydrogen-bond acceptors (Lipinski definition) is 10. The molecular formula is C27H27NO10S. The molecule has 1 saturated heterocycles. The zero-order valence-electron chi connectivity index (χ0n) is 21.5. The lowest BCUT2D eigenvalue weighted by Crippen LogP contribution is -2.70. The highest BCUT2D eigenvalue weighted by Crippen LogP contribution is 2.38. The number of benzene rings is 2. The molecule has 39 heavy (non-hydrogen) atoms. The molecule has 0 saturated carbocycles. The van der Waals surface area contributed by atoms with Crippen molar-refractivity contribution in [3.8, 4) is 5.75 Å². The summed E-state index contributed by atoms with van der Waals surface area (Å²) < 4.78 is 38.7. The number of carbonyl (C=O) groups excluding carboxylic acids is 4. The maximum absolute atomic E-state index is 13.1. The van der Waals surface area contributed by atoms with Gasteiger partial charge in [0.25, 0.3) is 5.91 Å². The first-order chi connectivity index (χ1) is 18.7. The Morgan fingerprint density at radius 1 is 0.897 bits per heavy atom. The van der Waals surface area contributed by atoms with Crippen molar-refractivity contribution in [3.63, 3.8) is 0 Å². The Morgan fingerprint density at radius 3 is 2.05 bits per heavy atom. The number of esters is 3. The lowest BCUT2D eigenvalue weighted by atomic mass is 10.1. The van der Waals surface area contributed by atoms with Crippen molar-refractivity contribution in [2.24, 2.45) is 0 Å². The summed E-state index contributed by atoms with van der Waals surface area (Å²) in [5, 5.41) is -0.825. The van der Waals surface area contributed by atoms with Crippen molar-refractivity contribution < 1.29 is 47.4 Å². The van der Waals surface area contributed by atoms with Crippen molar-refractivity contribution in [1.29, 1.82) is 0 Å². The first kappa shape index (κ1) is 28.1. The monoisotopic (exact) mass is 557 g/mol. The van der Waals surface area contributed by atoms with Gasteiger partial charge in [-0.1, -0.05) is 24.3 Å². The van der Waals surface area contributed by atoms with Crippen LogP contribution in [0.15, 0.2) is 59.8 Å². The second kappa shape index (κ2) is 12.3. The molecule has 0 N–H and O–H groups in total. The lowest BCUT2D eigenvalue weighted by Gasteiger charge is -2.48. The largest absolute Gasteiger partial charge is 0.614 e. The summed E-state index contributed by atoms with van der Waals surface area (Å²) in [6.07, 6.45) is -0.930. The number of methoxy groups -OCH3 is 2. The van der Waals surface area contributed by atoms with E-state index in [0.29, 0.717) is 16.9 Å². The van der Waals surface area contributed by atoms with Crippen LogP contribution in [-0.2, 0) is 57.7 Å². The van der Waals surface area contributed by atoms with Gasteiger partial charge >= 0.3 is 17.9 Å². The predicted molar refractivity (Wildman–Crippen MR) is 136 cm³/mol. The van der Waals surface area contributed by atoms with E-state index < -0.39 is 46.5 Å². The van der Waals surface area contributed by atoms with Gasteiger partial charge in [-0.3, -0.25) is 14.5 Å². The van der Waals surface area contributed by atoms with E-state index in [1.807, 2.05) is 0 Å². The highest BCUT2D eigenvalue weighted by atomic mass is 32.2. The average Bonchev–Trinajstić information content (AvgIpc) is 2.94. The quantitative estimate of drug-likeness (QED) is 0.184. The molecule has 0 radical (unpaired) electrons. The van der Waals surface area contributed by atoms with Crippen LogP contribution in [0.5, 0.6) is 5.75 Å². The fraction of sp³-hybridized carbons (Fsp3) is 0.333. The fourth-order valence-electron chi connectivity index (χ4n) is 4.09. The summed E-state index contributed by atoms with van der Waals surface area (Å²) in [6.45, 7) is 0.841. The molecule has 1 amide bonds. The van der Waals surface area contributed by atoms with E-state index in [1.54, 1.807) is 55.6 Å². The van der Waals surface area contributed by atoms with Crippen molar-refractivity contribution in [2.45, 2.75) is 31.6 Å². The topological polar surface area (TPSA) is 141 Å². The van der Waals surface area contributed by atoms with Crippen LogP contribution in [0, 0.1) is 0 Å². The molecule has 2 heterocycles. The summed E-state index contributed by atoms with van der Waals surface area (Å²) in [6, 6.07) is 13.5. The van der Waals surface area contributed by atoms with Crippen molar-refractivity contribution >= 4 is 35.0 Å². The molecule has 206 valence electrons. The average molecular weight is 558 g/mol. The second-order valence-electron chi connectivity index (χ2n) is 8.71. The van der Waals surface area contributed by atoms with E-state index in [1.165, 1.54) is 14.0 Å². The summed E-state index contributed by atoms with van der Waals surface area (Å²) in [7, 11) is 2.89. The SMILES string of the molecule is COc1ccc(COC(=O)c2ccc(COC(=O)C3=C(COC(C)=O)C[S+]([O-])C4[C@@H](OC)C(=O)N34)cc2)cc1. The van der Waals surface area contributed by atoms with Crippen LogP contribution in [0.1, 0.15) is 28.4 Å². The number of fused-ring (bicyclic) bond motifs is 1. The van der Waals surface area contributed by atoms with Gasteiger partial charge in [0.15, 0.2) is 0 Å². The van der Waals surface area contributed by atoms with Crippen LogP contribution in [0.2, 0.25) is 0 Å². The molecule has 1 fully saturated rings. The smallest absolute Gasteiger partial charge is 0.355 e. The van der Waals surface area contributed by atoms with Crippen LogP contribution < -0.4 is 4.74 Å². The molecular weight excluding hydrogens is 530 g/mol. The Hall–Kier alpha value is -3.87. The van der Waals surface area contributed by atoms with Crippen LogP contribution in [-0.4, -0.2) is 71.3 Å². The Morgan fingerprint density at radius 2 is 1.49 bits per heavy atom. The van der Waals surface area contributed by atoms with E-state index >= 15 is 0 Å². The predicted octanol–water partition coefficient (Wildman–Crippen LogP) is 1.86. The van der Waals surface area contributed by atoms with Crippen molar-refractivity contribution in [2.75, 3.05) is 26.6 Å². The molecule has 0 aromatic heterocycles. The van der Waals surface area contributed by atoms with Gasteiger partial charge < -0.3 is 28.2 Å². The van der Waals surface area contributed by atoms with Gasteiger partial charge in [-0.15, -0.1) is 0 Å². The van der Waals surface area contributed by atoms with Gasteiger partial charge in [0.05, 0.1) is 12.7 Å². The van der Waals surface area contributed by atoms with Gasteiger partial charge in [-0.25, -0.2) is 9.59 Å². The molecule has 11 nitrogen and oxygen atoms in total. The molecule has 2 aromatic rings. The molecule has 0 spiro atoms. The standard InChI is InChI=1S/C27H27NO10S/c1-16(29)36-14-20-15-39(33)25-23(35-3)24(30)28(25)22(20)27(32)38-13-17-4-8-19(9-5-17)26(31)37-12-18-6-10-21(34-2)11-7-18/h4-11,23,25H,12-15H2,1-3H3/t23-,25?,39?/m0/s1. The number of nitrogens with zero attached hydrogens (tertiary/aromatic N) is 1. The Kier molecular flexibility index (Phi) is 8.90. The Balaban J connectivity index is 1.38. The van der Waals surface area contributed by atoms with Gasteiger partial charge in [0.1, 0.15) is 37.0 Å². The van der Waals surface area contributed by atoms with E-state index in [0.717, 1.165) is 10.5 Å². The normalized spacial score (nSPS) is 20.1. The van der Waals surface area contributed by atoms with Crippen molar-refractivity contribution in [3.05, 3.63) is 76.5 Å². The molecule has 12 heteroatoms. The summed E-state index contributed by atoms with van der Waals surface area (Å²) >= 11 is -1.55. The number of β-lactam (4-membered cyclic amide) rings is 1. The zero-order chi connectivity index (χ0) is 28.1. The van der Waals surface area contributed by atoms with Crippen molar-refractivity contribution in [1.82, 2.24) is 4.90 Å². The summed E-state index contributed by atoms with van der Waals surface area (Å²) in [4.78, 5) is 50.5. The molecule has 2 aromatic carbocycles. The molecule has 0 aliphatic carbocycles. The van der Waals surface area contributed by atoms with Gasteiger partial charge in [0.2, 0.25) is 11.5 Å². The number of amides is 1. The molecule has 4 rings (SSSR count). The molecule has 2 unspecified atom stereocenters. The second-order valence-corrected chi connectivity index (χ2v) is 10.2. The van der Waals surface area contributed by atoms with E-state index in [-0.39, 0.29) is 36.8 Å². The molecule has 2 aliphatic heterocycles. The van der Waals surface area contributed by atoms with E-state index in [2.05, 4.69) is 0 Å². The third kappa shape index (κ3) is 6.24. The maximum Gasteiger partial charge on any atom is 0.355 e. The molecule has 2 aliphatic rings. The minimum absolute atomic E-state index is 0.0701. The van der Waals surface area contributed by atoms with Crippen LogP contribution >= 0.6 is 0 Å². The first-order valence-corrected chi connectivity index (χ1v) is 13.3. The fourth-order valence-corrected chi connectivity index (χ4v) is 5.78. The Labute approximate surface area is 227 Å². The van der Waals surface area contributed by atoms with Gasteiger partial charge in [-0.05, 0) is 46.6 Å². The highest BCUT2D eigenvalue weighted by Gasteiger charge is 2.61. The molecule has 3 atom stereocenters. The maximum atomic E-state index is 13.1. The zero-order valence-corrected chi connectivity index (χ0v) is 22.4. The Bertz CT molecular complexity index is 1270. The number of ether oxygens (including phenoxy) is 5. The van der Waals surface area contributed by atoms with E-state index in [9.17, 15) is 23.7 Å². The van der Waals surface area contributed by atoms with Crippen LogP contribution in [0.4, 0.5) is 0 Å². The lowest BCUT2D eigenvalue weighted by molar-refractivity contribution is -0.164. The van der Waals surface area contributed by atoms with E-state index in [4.69, 9.17) is 23.7 Å². The first-order valence-electron chi connectivity index (χ1n) is 11.9. The van der Waals surface area contributed by atoms with Crippen LogP contribution in [0.25, 0.3) is 0 Å². The summed E-state index contributed by atoms with van der Waals surface area (Å²) in [5.74, 6) is -1.83.